The normalized spacial score (nSPS) is 11.6. The lowest BCUT2D eigenvalue weighted by Crippen LogP contribution is -2.50. The van der Waals surface area contributed by atoms with E-state index in [9.17, 15) is 9.59 Å². The highest BCUT2D eigenvalue weighted by Crippen LogP contribution is 2.22. The van der Waals surface area contributed by atoms with Crippen LogP contribution >= 0.6 is 15.9 Å². The lowest BCUT2D eigenvalue weighted by atomic mass is 10.1. The molecule has 0 aliphatic heterocycles. The van der Waals surface area contributed by atoms with Gasteiger partial charge in [-0.3, -0.25) is 9.59 Å². The van der Waals surface area contributed by atoms with Crippen LogP contribution < -0.4 is 10.1 Å². The number of carbonyl (C=O) groups excluding carboxylic acids is 2. The Labute approximate surface area is 187 Å². The van der Waals surface area contributed by atoms with E-state index in [1.165, 1.54) is 0 Å². The first-order valence-corrected chi connectivity index (χ1v) is 11.2. The zero-order valence-corrected chi connectivity index (χ0v) is 19.8. The van der Waals surface area contributed by atoms with Gasteiger partial charge in [-0.1, -0.05) is 59.6 Å². The van der Waals surface area contributed by atoms with E-state index in [2.05, 4.69) is 21.2 Å². The molecule has 30 heavy (non-hydrogen) atoms. The van der Waals surface area contributed by atoms with Gasteiger partial charge >= 0.3 is 0 Å². The minimum Gasteiger partial charge on any atom is -0.484 e. The summed E-state index contributed by atoms with van der Waals surface area (Å²) in [6.07, 6.45) is 1.38. The van der Waals surface area contributed by atoms with Crippen molar-refractivity contribution in [2.45, 2.75) is 53.1 Å². The minimum absolute atomic E-state index is 0.121. The highest BCUT2D eigenvalue weighted by atomic mass is 79.9. The van der Waals surface area contributed by atoms with Crippen molar-refractivity contribution in [1.29, 1.82) is 0 Å². The van der Waals surface area contributed by atoms with E-state index in [0.717, 1.165) is 27.6 Å². The minimum atomic E-state index is -0.542. The first-order valence-electron chi connectivity index (χ1n) is 10.4. The Morgan fingerprint density at radius 2 is 1.90 bits per heavy atom. The van der Waals surface area contributed by atoms with Gasteiger partial charge in [-0.2, -0.15) is 0 Å². The third kappa shape index (κ3) is 6.87. The summed E-state index contributed by atoms with van der Waals surface area (Å²) in [4.78, 5) is 27.5. The maximum atomic E-state index is 13.1. The zero-order chi connectivity index (χ0) is 22.1. The molecule has 0 aromatic heterocycles. The Kier molecular flexibility index (Phi) is 9.37. The number of nitrogens with one attached hydrogen (secondary N) is 1. The van der Waals surface area contributed by atoms with Gasteiger partial charge in [0.1, 0.15) is 11.8 Å². The van der Waals surface area contributed by atoms with E-state index in [0.29, 0.717) is 25.3 Å². The fraction of sp³-hybridized carbons (Fsp3) is 0.417. The molecule has 1 atom stereocenters. The summed E-state index contributed by atoms with van der Waals surface area (Å²) in [5.74, 6) is 0.290. The maximum Gasteiger partial charge on any atom is 0.261 e. The third-order valence-corrected chi connectivity index (χ3v) is 5.75. The molecule has 0 unspecified atom stereocenters. The van der Waals surface area contributed by atoms with Crippen LogP contribution in [0.25, 0.3) is 0 Å². The molecule has 162 valence electrons. The van der Waals surface area contributed by atoms with Crippen molar-refractivity contribution >= 4 is 27.7 Å². The Bertz CT molecular complexity index is 869. The van der Waals surface area contributed by atoms with Gasteiger partial charge < -0.3 is 15.0 Å². The molecule has 5 nitrogen and oxygen atoms in total. The van der Waals surface area contributed by atoms with Crippen LogP contribution in [0.15, 0.2) is 46.9 Å². The Morgan fingerprint density at radius 3 is 2.53 bits per heavy atom. The summed E-state index contributed by atoms with van der Waals surface area (Å²) < 4.78 is 6.74. The van der Waals surface area contributed by atoms with E-state index in [4.69, 9.17) is 4.74 Å². The van der Waals surface area contributed by atoms with Crippen LogP contribution in [0.3, 0.4) is 0 Å². The first kappa shape index (κ1) is 23.9. The number of amides is 2. The van der Waals surface area contributed by atoms with Gasteiger partial charge in [-0.05, 0) is 56.0 Å². The van der Waals surface area contributed by atoms with Crippen LogP contribution in [0.2, 0.25) is 0 Å². The number of hydrogen-bond acceptors (Lipinski definition) is 3. The summed E-state index contributed by atoms with van der Waals surface area (Å²) in [7, 11) is 0. The molecule has 0 aliphatic rings. The molecule has 0 bridgehead atoms. The molecule has 2 aromatic rings. The fourth-order valence-electron chi connectivity index (χ4n) is 3.23. The highest BCUT2D eigenvalue weighted by Gasteiger charge is 2.28. The van der Waals surface area contributed by atoms with Crippen molar-refractivity contribution in [2.75, 3.05) is 13.2 Å². The molecule has 0 fully saturated rings. The lowest BCUT2D eigenvalue weighted by molar-refractivity contribution is -0.143. The average molecular weight is 475 g/mol. The van der Waals surface area contributed by atoms with Gasteiger partial charge in [0.2, 0.25) is 5.91 Å². The van der Waals surface area contributed by atoms with Crippen molar-refractivity contribution < 1.29 is 14.3 Å². The van der Waals surface area contributed by atoms with Gasteiger partial charge in [-0.15, -0.1) is 0 Å². The number of benzene rings is 2. The topological polar surface area (TPSA) is 58.6 Å². The van der Waals surface area contributed by atoms with Crippen molar-refractivity contribution in [3.63, 3.8) is 0 Å². The van der Waals surface area contributed by atoms with Gasteiger partial charge in [0.25, 0.3) is 5.91 Å². The average Bonchev–Trinajstić information content (AvgIpc) is 2.72. The van der Waals surface area contributed by atoms with Crippen LogP contribution in [0, 0.1) is 13.8 Å². The molecule has 1 N–H and O–H groups in total. The van der Waals surface area contributed by atoms with Crippen LogP contribution in [-0.4, -0.2) is 35.9 Å². The second-order valence-electron chi connectivity index (χ2n) is 7.43. The number of nitrogens with zero attached hydrogens (tertiary/aromatic N) is 1. The third-order valence-electron chi connectivity index (χ3n) is 4.86. The van der Waals surface area contributed by atoms with E-state index in [1.807, 2.05) is 70.2 Å². The SMILES string of the molecule is CCCNC(=O)[C@H](CC)N(Cc1cccc(C)c1)C(=O)COc1ccc(Br)c(C)c1. The molecule has 0 aliphatic carbocycles. The number of carbonyl (C=O) groups is 2. The molecule has 2 aromatic carbocycles. The number of rotatable bonds is 10. The summed E-state index contributed by atoms with van der Waals surface area (Å²) >= 11 is 3.47. The van der Waals surface area contributed by atoms with Crippen molar-refractivity contribution in [3.8, 4) is 5.75 Å². The maximum absolute atomic E-state index is 13.1. The number of ether oxygens (including phenoxy) is 1. The van der Waals surface area contributed by atoms with Crippen LogP contribution in [0.4, 0.5) is 0 Å². The molecule has 0 heterocycles. The van der Waals surface area contributed by atoms with Crippen LogP contribution in [0.5, 0.6) is 5.75 Å². The van der Waals surface area contributed by atoms with Gasteiger partial charge in [0.15, 0.2) is 6.61 Å². The molecule has 6 heteroatoms. The Hall–Kier alpha value is -2.34. The lowest BCUT2D eigenvalue weighted by Gasteiger charge is -2.30. The van der Waals surface area contributed by atoms with E-state index in [-0.39, 0.29) is 18.4 Å². The van der Waals surface area contributed by atoms with E-state index < -0.39 is 6.04 Å². The van der Waals surface area contributed by atoms with Gasteiger partial charge in [-0.25, -0.2) is 0 Å². The van der Waals surface area contributed by atoms with Crippen molar-refractivity contribution in [3.05, 3.63) is 63.6 Å². The molecule has 0 radical (unpaired) electrons. The molecule has 2 amide bonds. The molecule has 0 saturated heterocycles. The molecule has 0 saturated carbocycles. The Morgan fingerprint density at radius 1 is 1.13 bits per heavy atom. The van der Waals surface area contributed by atoms with Crippen LogP contribution in [0.1, 0.15) is 43.4 Å². The van der Waals surface area contributed by atoms with Crippen molar-refractivity contribution in [2.24, 2.45) is 0 Å². The highest BCUT2D eigenvalue weighted by molar-refractivity contribution is 9.10. The quantitative estimate of drug-likeness (QED) is 0.538. The summed E-state index contributed by atoms with van der Waals surface area (Å²) in [6.45, 7) is 8.74. The smallest absolute Gasteiger partial charge is 0.261 e. The van der Waals surface area contributed by atoms with E-state index in [1.54, 1.807) is 4.90 Å². The second-order valence-corrected chi connectivity index (χ2v) is 8.28. The predicted octanol–water partition coefficient (Wildman–Crippen LogP) is 4.78. The Balaban J connectivity index is 2.20. The van der Waals surface area contributed by atoms with E-state index >= 15 is 0 Å². The molecular weight excluding hydrogens is 444 g/mol. The summed E-state index contributed by atoms with van der Waals surface area (Å²) in [6, 6.07) is 13.0. The fourth-order valence-corrected chi connectivity index (χ4v) is 3.47. The number of aryl methyl sites for hydroxylation is 2. The largest absolute Gasteiger partial charge is 0.484 e. The number of hydrogen-bond donors (Lipinski definition) is 1. The zero-order valence-electron chi connectivity index (χ0n) is 18.2. The standard InChI is InChI=1S/C24H31BrN2O3/c1-5-12-26-24(29)22(6-2)27(15-19-9-7-8-17(3)13-19)23(28)16-30-20-10-11-21(25)18(4)14-20/h7-11,13-14,22H,5-6,12,15-16H2,1-4H3,(H,26,29)/t22-/m0/s1. The summed E-state index contributed by atoms with van der Waals surface area (Å²) in [5, 5.41) is 2.92. The molecule has 0 spiro atoms. The first-order chi connectivity index (χ1) is 14.3. The van der Waals surface area contributed by atoms with Gasteiger partial charge in [0.05, 0.1) is 0 Å². The van der Waals surface area contributed by atoms with Crippen LogP contribution in [-0.2, 0) is 16.1 Å². The predicted molar refractivity (Wildman–Crippen MR) is 123 cm³/mol. The number of halogens is 1. The van der Waals surface area contributed by atoms with Gasteiger partial charge in [0, 0.05) is 17.6 Å². The second kappa shape index (κ2) is 11.7. The monoisotopic (exact) mass is 474 g/mol. The molecule has 2 rings (SSSR count). The molecular formula is C24H31BrN2O3. The summed E-state index contributed by atoms with van der Waals surface area (Å²) in [5.41, 5.74) is 3.14. The van der Waals surface area contributed by atoms with Crippen molar-refractivity contribution in [1.82, 2.24) is 10.2 Å².